The first-order chi connectivity index (χ1) is 10.7. The summed E-state index contributed by atoms with van der Waals surface area (Å²) in [5.74, 6) is -0.132. The van der Waals surface area contributed by atoms with Gasteiger partial charge in [-0.3, -0.25) is 0 Å². The normalized spacial score (nSPS) is 15.8. The minimum Gasteiger partial charge on any atom is -0.478 e. The molecule has 0 heterocycles. The van der Waals surface area contributed by atoms with Crippen molar-refractivity contribution in [3.8, 4) is 0 Å². The molecule has 22 heavy (non-hydrogen) atoms. The van der Waals surface area contributed by atoms with Crippen LogP contribution in [-0.4, -0.2) is 11.1 Å². The summed E-state index contributed by atoms with van der Waals surface area (Å²) in [5.41, 5.74) is 4.09. The smallest absolute Gasteiger partial charge is 0.327 e. The molecule has 0 radical (unpaired) electrons. The van der Waals surface area contributed by atoms with Gasteiger partial charge in [-0.1, -0.05) is 60.7 Å². The summed E-state index contributed by atoms with van der Waals surface area (Å²) >= 11 is 0. The molecule has 3 rings (SSSR count). The molecular weight excluding hydrogens is 272 g/mol. The molecule has 2 heteroatoms. The van der Waals surface area contributed by atoms with E-state index in [2.05, 4.69) is 36.4 Å². The number of fused-ring (bicyclic) bond motifs is 1. The largest absolute Gasteiger partial charge is 0.478 e. The highest BCUT2D eigenvalue weighted by atomic mass is 16.4. The van der Waals surface area contributed by atoms with Crippen molar-refractivity contribution in [2.45, 2.75) is 19.3 Å². The highest BCUT2D eigenvalue weighted by molar-refractivity contribution is 5.79. The third kappa shape index (κ3) is 3.45. The number of benzene rings is 2. The molecule has 1 aliphatic carbocycles. The lowest BCUT2D eigenvalue weighted by molar-refractivity contribution is -0.131. The zero-order valence-corrected chi connectivity index (χ0v) is 12.5. The van der Waals surface area contributed by atoms with E-state index in [0.717, 1.165) is 19.3 Å². The summed E-state index contributed by atoms with van der Waals surface area (Å²) in [6.45, 7) is 0. The monoisotopic (exact) mass is 292 g/mol. The van der Waals surface area contributed by atoms with Gasteiger partial charge in [0.1, 0.15) is 0 Å². The number of aliphatic carboxylic acids is 1. The second-order valence-electron chi connectivity index (χ2n) is 5.99. The van der Waals surface area contributed by atoms with Crippen LogP contribution in [0.15, 0.2) is 66.7 Å². The number of hydrogen-bond donors (Lipinski definition) is 1. The molecule has 2 aromatic rings. The highest BCUT2D eigenvalue weighted by Crippen LogP contribution is 2.33. The molecule has 0 saturated carbocycles. The van der Waals surface area contributed by atoms with Crippen molar-refractivity contribution < 1.29 is 9.90 Å². The lowest BCUT2D eigenvalue weighted by atomic mass is 9.84. The molecule has 1 aliphatic rings. The van der Waals surface area contributed by atoms with Gasteiger partial charge in [-0.15, -0.1) is 0 Å². The van der Waals surface area contributed by atoms with E-state index < -0.39 is 5.97 Å². The molecule has 1 N–H and O–H groups in total. The number of rotatable bonds is 5. The van der Waals surface area contributed by atoms with E-state index >= 15 is 0 Å². The van der Waals surface area contributed by atoms with E-state index in [9.17, 15) is 4.79 Å². The van der Waals surface area contributed by atoms with Crippen molar-refractivity contribution in [3.05, 3.63) is 83.4 Å². The van der Waals surface area contributed by atoms with E-state index in [4.69, 9.17) is 5.11 Å². The van der Waals surface area contributed by atoms with E-state index in [1.54, 1.807) is 0 Å². The summed E-state index contributed by atoms with van der Waals surface area (Å²) in [7, 11) is 0. The Bertz CT molecular complexity index is 648. The van der Waals surface area contributed by atoms with Crippen LogP contribution < -0.4 is 0 Å². The number of allylic oxidation sites excluding steroid dienone is 1. The van der Waals surface area contributed by atoms with Gasteiger partial charge in [-0.2, -0.15) is 0 Å². The van der Waals surface area contributed by atoms with Gasteiger partial charge in [0.05, 0.1) is 0 Å². The fraction of sp³-hybridized carbons (Fsp3) is 0.250. The maximum absolute atomic E-state index is 10.9. The second-order valence-corrected chi connectivity index (χ2v) is 5.99. The van der Waals surface area contributed by atoms with Crippen molar-refractivity contribution in [2.75, 3.05) is 0 Å². The van der Waals surface area contributed by atoms with Crippen molar-refractivity contribution in [3.63, 3.8) is 0 Å². The van der Waals surface area contributed by atoms with E-state index in [0.29, 0.717) is 5.92 Å². The average molecular weight is 292 g/mol. The summed E-state index contributed by atoms with van der Waals surface area (Å²) in [6, 6.07) is 18.9. The van der Waals surface area contributed by atoms with Crippen LogP contribution in [0.5, 0.6) is 0 Å². The van der Waals surface area contributed by atoms with Crippen LogP contribution in [-0.2, 0) is 24.1 Å². The minimum atomic E-state index is -0.867. The van der Waals surface area contributed by atoms with Gasteiger partial charge in [0.25, 0.3) is 0 Å². The fourth-order valence-corrected chi connectivity index (χ4v) is 3.38. The van der Waals surface area contributed by atoms with Crippen LogP contribution in [0.4, 0.5) is 0 Å². The van der Waals surface area contributed by atoms with Gasteiger partial charge in [-0.25, -0.2) is 4.79 Å². The highest BCUT2D eigenvalue weighted by Gasteiger charge is 2.27. The van der Waals surface area contributed by atoms with Crippen LogP contribution in [0, 0.1) is 11.8 Å². The molecule has 2 nitrogen and oxygen atoms in total. The molecule has 0 aliphatic heterocycles. The van der Waals surface area contributed by atoms with Crippen LogP contribution in [0.1, 0.15) is 16.7 Å². The molecule has 0 spiro atoms. The molecule has 0 amide bonds. The summed E-state index contributed by atoms with van der Waals surface area (Å²) < 4.78 is 0. The van der Waals surface area contributed by atoms with Gasteiger partial charge >= 0.3 is 5.97 Å². The van der Waals surface area contributed by atoms with Gasteiger partial charge in [0.15, 0.2) is 0 Å². The molecule has 112 valence electrons. The predicted octanol–water partition coefficient (Wildman–Crippen LogP) is 3.90. The van der Waals surface area contributed by atoms with E-state index in [1.807, 2.05) is 24.3 Å². The van der Waals surface area contributed by atoms with Crippen LogP contribution in [0.2, 0.25) is 0 Å². The third-order valence-corrected chi connectivity index (χ3v) is 4.49. The van der Waals surface area contributed by atoms with Crippen molar-refractivity contribution in [1.29, 1.82) is 0 Å². The van der Waals surface area contributed by atoms with Crippen LogP contribution in [0.3, 0.4) is 0 Å². The molecule has 0 saturated heterocycles. The maximum Gasteiger partial charge on any atom is 0.327 e. The molecule has 2 aromatic carbocycles. The SMILES string of the molecule is O=C(O)C=CC(Cc1ccccc1)C1Cc2ccccc2C1. The molecular formula is C20H20O2. The first-order valence-electron chi connectivity index (χ1n) is 7.74. The quantitative estimate of drug-likeness (QED) is 0.849. The van der Waals surface area contributed by atoms with Gasteiger partial charge in [-0.05, 0) is 47.8 Å². The molecule has 0 fully saturated rings. The maximum atomic E-state index is 10.9. The molecule has 1 unspecified atom stereocenters. The number of carboxylic acids is 1. The van der Waals surface area contributed by atoms with Gasteiger partial charge in [0, 0.05) is 6.08 Å². The Kier molecular flexibility index (Phi) is 4.38. The van der Waals surface area contributed by atoms with E-state index in [-0.39, 0.29) is 5.92 Å². The summed E-state index contributed by atoms with van der Waals surface area (Å²) in [5, 5.41) is 8.96. The predicted molar refractivity (Wildman–Crippen MR) is 87.8 cm³/mol. The Balaban J connectivity index is 1.79. The number of hydrogen-bond acceptors (Lipinski definition) is 1. The van der Waals surface area contributed by atoms with Crippen molar-refractivity contribution >= 4 is 5.97 Å². The zero-order chi connectivity index (χ0) is 15.4. The summed E-state index contributed by atoms with van der Waals surface area (Å²) in [6.07, 6.45) is 6.15. The van der Waals surface area contributed by atoms with Gasteiger partial charge in [0.2, 0.25) is 0 Å². The van der Waals surface area contributed by atoms with Crippen molar-refractivity contribution in [2.24, 2.45) is 11.8 Å². The Labute approximate surface area is 131 Å². The number of carboxylic acid groups (broad SMARTS) is 1. The molecule has 1 atom stereocenters. The number of carbonyl (C=O) groups is 1. The Morgan fingerprint density at radius 1 is 1.05 bits per heavy atom. The van der Waals surface area contributed by atoms with Crippen LogP contribution in [0.25, 0.3) is 0 Å². The van der Waals surface area contributed by atoms with E-state index in [1.165, 1.54) is 22.8 Å². The van der Waals surface area contributed by atoms with Crippen molar-refractivity contribution in [1.82, 2.24) is 0 Å². The second kappa shape index (κ2) is 6.61. The van der Waals surface area contributed by atoms with Gasteiger partial charge < -0.3 is 5.11 Å². The lowest BCUT2D eigenvalue weighted by Gasteiger charge is -2.20. The third-order valence-electron chi connectivity index (χ3n) is 4.49. The first kappa shape index (κ1) is 14.6. The topological polar surface area (TPSA) is 37.3 Å². The molecule has 0 bridgehead atoms. The Morgan fingerprint density at radius 3 is 2.23 bits per heavy atom. The lowest BCUT2D eigenvalue weighted by Crippen LogP contribution is -2.16. The standard InChI is InChI=1S/C20H20O2/c21-20(22)11-10-18(12-15-6-2-1-3-7-15)19-13-16-8-4-5-9-17(16)14-19/h1-11,18-19H,12-14H2,(H,21,22). The fourth-order valence-electron chi connectivity index (χ4n) is 3.38. The molecule has 0 aromatic heterocycles. The minimum absolute atomic E-state index is 0.255. The van der Waals surface area contributed by atoms with Crippen LogP contribution >= 0.6 is 0 Å². The average Bonchev–Trinajstić information content (AvgIpc) is 2.96. The summed E-state index contributed by atoms with van der Waals surface area (Å²) in [4.78, 5) is 10.9. The first-order valence-corrected chi connectivity index (χ1v) is 7.74. The Hall–Kier alpha value is -2.35. The Morgan fingerprint density at radius 2 is 1.64 bits per heavy atom. The zero-order valence-electron chi connectivity index (χ0n) is 12.5.